The van der Waals surface area contributed by atoms with E-state index in [1.54, 1.807) is 18.2 Å². The number of nitrogens with one attached hydrogen (secondary N) is 1. The van der Waals surface area contributed by atoms with Crippen LogP contribution in [-0.4, -0.2) is 19.2 Å². The summed E-state index contributed by atoms with van der Waals surface area (Å²) >= 11 is 0. The summed E-state index contributed by atoms with van der Waals surface area (Å²) < 4.78 is 0. The van der Waals surface area contributed by atoms with Crippen molar-refractivity contribution in [2.24, 2.45) is 0 Å². The molecule has 80 valence electrons. The van der Waals surface area contributed by atoms with E-state index in [0.29, 0.717) is 5.75 Å². The highest BCUT2D eigenvalue weighted by Crippen LogP contribution is 2.07. The maximum absolute atomic E-state index is 8.76. The monoisotopic (exact) mass is 195 g/mol. The van der Waals surface area contributed by atoms with Crippen LogP contribution >= 0.6 is 0 Å². The fourth-order valence-electron chi connectivity index (χ4n) is 0.545. The van der Waals surface area contributed by atoms with Crippen molar-refractivity contribution >= 4 is 0 Å². The number of phenolic OH excluding ortho intramolecular Hbond substituents is 1. The fourth-order valence-corrected chi connectivity index (χ4v) is 0.545. The van der Waals surface area contributed by atoms with Gasteiger partial charge in [-0.25, -0.2) is 0 Å². The van der Waals surface area contributed by atoms with Gasteiger partial charge in [0.25, 0.3) is 0 Å². The van der Waals surface area contributed by atoms with Gasteiger partial charge < -0.3 is 10.4 Å². The highest BCUT2D eigenvalue weighted by atomic mass is 16.3. The molecule has 0 aliphatic carbocycles. The minimum Gasteiger partial charge on any atom is -0.508 e. The molecule has 1 rings (SSSR count). The largest absolute Gasteiger partial charge is 0.508 e. The second kappa shape index (κ2) is 11.7. The smallest absolute Gasteiger partial charge is 0.115 e. The molecule has 0 heterocycles. The summed E-state index contributed by atoms with van der Waals surface area (Å²) in [6.07, 6.45) is 1.75. The molecule has 2 heteroatoms. The standard InChI is InChI=1S/C7H8O.C3H6.C2H7N/c1-6-2-4-7(8)5-3-6;2*1-3-2/h2-5,8H,1H3;3H,1H2,2H3;3H,1-2H3. The van der Waals surface area contributed by atoms with Crippen LogP contribution in [0.25, 0.3) is 0 Å². The molecule has 0 aliphatic rings. The number of allylic oxidation sites excluding steroid dienone is 1. The van der Waals surface area contributed by atoms with Crippen molar-refractivity contribution in [2.75, 3.05) is 14.1 Å². The lowest BCUT2D eigenvalue weighted by molar-refractivity contribution is 0.475. The summed E-state index contributed by atoms with van der Waals surface area (Å²) in [5.74, 6) is 0.329. The van der Waals surface area contributed by atoms with E-state index < -0.39 is 0 Å². The molecule has 2 nitrogen and oxygen atoms in total. The van der Waals surface area contributed by atoms with Crippen molar-refractivity contribution in [3.8, 4) is 5.75 Å². The van der Waals surface area contributed by atoms with Crippen molar-refractivity contribution in [2.45, 2.75) is 13.8 Å². The van der Waals surface area contributed by atoms with E-state index in [9.17, 15) is 0 Å². The van der Waals surface area contributed by atoms with Crippen LogP contribution in [0.1, 0.15) is 12.5 Å². The summed E-state index contributed by atoms with van der Waals surface area (Å²) in [5, 5.41) is 11.5. The fraction of sp³-hybridized carbons (Fsp3) is 0.333. The normalized spacial score (nSPS) is 7.43. The van der Waals surface area contributed by atoms with Crippen molar-refractivity contribution in [1.82, 2.24) is 5.32 Å². The Morgan fingerprint density at radius 3 is 1.71 bits per heavy atom. The summed E-state index contributed by atoms with van der Waals surface area (Å²) in [6.45, 7) is 7.24. The van der Waals surface area contributed by atoms with Gasteiger partial charge in [-0.1, -0.05) is 23.8 Å². The zero-order valence-electron chi connectivity index (χ0n) is 9.54. The van der Waals surface area contributed by atoms with Crippen molar-refractivity contribution in [1.29, 1.82) is 0 Å². The van der Waals surface area contributed by atoms with E-state index >= 15 is 0 Å². The van der Waals surface area contributed by atoms with Gasteiger partial charge in [0.2, 0.25) is 0 Å². The van der Waals surface area contributed by atoms with Crippen LogP contribution in [0.2, 0.25) is 0 Å². The summed E-state index contributed by atoms with van der Waals surface area (Å²) in [6, 6.07) is 7.09. The number of aryl methyl sites for hydroxylation is 1. The lowest BCUT2D eigenvalue weighted by atomic mass is 10.2. The molecule has 2 N–H and O–H groups in total. The third kappa shape index (κ3) is 13.3. The van der Waals surface area contributed by atoms with Gasteiger partial charge in [0.15, 0.2) is 0 Å². The number of hydrogen-bond acceptors (Lipinski definition) is 2. The number of rotatable bonds is 0. The minimum atomic E-state index is 0.329. The lowest BCUT2D eigenvalue weighted by Gasteiger charge is -1.89. The molecule has 14 heavy (non-hydrogen) atoms. The SMILES string of the molecule is C=CC.CNC.Cc1ccc(O)cc1. The molecule has 0 aromatic heterocycles. The van der Waals surface area contributed by atoms with Gasteiger partial charge >= 0.3 is 0 Å². The van der Waals surface area contributed by atoms with Gasteiger partial charge in [0.1, 0.15) is 5.75 Å². The third-order valence-corrected chi connectivity index (χ3v) is 1.03. The van der Waals surface area contributed by atoms with Crippen molar-refractivity contribution in [3.63, 3.8) is 0 Å². The second-order valence-electron chi connectivity index (χ2n) is 2.74. The average Bonchev–Trinajstić information content (AvgIpc) is 2.13. The van der Waals surface area contributed by atoms with E-state index in [2.05, 4.69) is 11.9 Å². The number of benzene rings is 1. The van der Waals surface area contributed by atoms with Gasteiger partial charge in [-0.2, -0.15) is 0 Å². The van der Waals surface area contributed by atoms with E-state index in [4.69, 9.17) is 5.11 Å². The quantitative estimate of drug-likeness (QED) is 0.624. The molecule has 0 spiro atoms. The first kappa shape index (κ1) is 15.2. The summed E-state index contributed by atoms with van der Waals surface area (Å²) in [5.41, 5.74) is 1.17. The molecule has 0 fully saturated rings. The first-order valence-corrected chi connectivity index (χ1v) is 4.53. The van der Waals surface area contributed by atoms with Crippen LogP contribution in [0.15, 0.2) is 36.9 Å². The van der Waals surface area contributed by atoms with Crippen molar-refractivity contribution < 1.29 is 5.11 Å². The van der Waals surface area contributed by atoms with E-state index in [0.717, 1.165) is 0 Å². The van der Waals surface area contributed by atoms with Gasteiger partial charge in [-0.3, -0.25) is 0 Å². The zero-order chi connectivity index (χ0) is 11.4. The summed E-state index contributed by atoms with van der Waals surface area (Å²) in [4.78, 5) is 0. The molecule has 0 radical (unpaired) electrons. The third-order valence-electron chi connectivity index (χ3n) is 1.03. The topological polar surface area (TPSA) is 32.3 Å². The van der Waals surface area contributed by atoms with Crippen molar-refractivity contribution in [3.05, 3.63) is 42.5 Å². The Hall–Kier alpha value is -1.28. The predicted octanol–water partition coefficient (Wildman–Crippen LogP) is 2.73. The highest BCUT2D eigenvalue weighted by molar-refractivity contribution is 5.24. The first-order chi connectivity index (χ1) is 6.62. The first-order valence-electron chi connectivity index (χ1n) is 4.53. The predicted molar refractivity (Wildman–Crippen MR) is 63.7 cm³/mol. The van der Waals surface area contributed by atoms with Gasteiger partial charge in [0, 0.05) is 0 Å². The Kier molecular flexibility index (Phi) is 12.7. The number of hydrogen-bond donors (Lipinski definition) is 2. The Bertz CT molecular complexity index is 195. The van der Waals surface area contributed by atoms with Gasteiger partial charge in [-0.15, -0.1) is 6.58 Å². The molecule has 0 unspecified atom stereocenters. The molecule has 0 bridgehead atoms. The van der Waals surface area contributed by atoms with E-state index in [1.165, 1.54) is 5.56 Å². The number of phenols is 1. The van der Waals surface area contributed by atoms with Gasteiger partial charge in [0.05, 0.1) is 0 Å². The molecule has 0 atom stereocenters. The molecule has 0 saturated carbocycles. The Morgan fingerprint density at radius 1 is 1.21 bits per heavy atom. The Morgan fingerprint density at radius 2 is 1.50 bits per heavy atom. The van der Waals surface area contributed by atoms with Crippen LogP contribution in [0.3, 0.4) is 0 Å². The molecule has 0 amide bonds. The zero-order valence-corrected chi connectivity index (χ0v) is 9.54. The van der Waals surface area contributed by atoms with E-state index in [1.807, 2.05) is 40.1 Å². The van der Waals surface area contributed by atoms with Crippen LogP contribution < -0.4 is 5.32 Å². The maximum Gasteiger partial charge on any atom is 0.115 e. The molecular weight excluding hydrogens is 174 g/mol. The molecule has 1 aromatic rings. The minimum absolute atomic E-state index is 0.329. The Labute approximate surface area is 87.3 Å². The molecular formula is C12H21NO. The Balaban J connectivity index is 0. The van der Waals surface area contributed by atoms with Crippen LogP contribution in [0, 0.1) is 6.92 Å². The highest BCUT2D eigenvalue weighted by Gasteiger charge is 1.82. The van der Waals surface area contributed by atoms with E-state index in [-0.39, 0.29) is 0 Å². The summed E-state index contributed by atoms with van der Waals surface area (Å²) in [7, 11) is 3.75. The molecule has 1 aromatic carbocycles. The molecule has 0 aliphatic heterocycles. The van der Waals surface area contributed by atoms with Gasteiger partial charge in [-0.05, 0) is 40.1 Å². The second-order valence-corrected chi connectivity index (χ2v) is 2.74. The lowest BCUT2D eigenvalue weighted by Crippen LogP contribution is -1.89. The van der Waals surface area contributed by atoms with Crippen LogP contribution in [-0.2, 0) is 0 Å². The number of aromatic hydroxyl groups is 1. The maximum atomic E-state index is 8.76. The van der Waals surface area contributed by atoms with Crippen LogP contribution in [0.4, 0.5) is 0 Å². The average molecular weight is 195 g/mol. The molecule has 0 saturated heterocycles. The van der Waals surface area contributed by atoms with Crippen LogP contribution in [0.5, 0.6) is 5.75 Å².